The number of rotatable bonds is 8. The summed E-state index contributed by atoms with van der Waals surface area (Å²) in [6.07, 6.45) is 0. The summed E-state index contributed by atoms with van der Waals surface area (Å²) >= 11 is 1.36. The van der Waals surface area contributed by atoms with Crippen molar-refractivity contribution >= 4 is 17.6 Å². The van der Waals surface area contributed by atoms with Crippen LogP contribution in [0.25, 0.3) is 0 Å². The third-order valence-electron chi connectivity index (χ3n) is 1.95. The van der Waals surface area contributed by atoms with Gasteiger partial charge in [-0.1, -0.05) is 13.8 Å². The summed E-state index contributed by atoms with van der Waals surface area (Å²) in [7, 11) is 0. The summed E-state index contributed by atoms with van der Waals surface area (Å²) in [6.45, 7) is 4.51. The van der Waals surface area contributed by atoms with Gasteiger partial charge in [0.1, 0.15) is 13.2 Å². The number of hydrogen-bond acceptors (Lipinski definition) is 5. The lowest BCUT2D eigenvalue weighted by Crippen LogP contribution is -2.23. The number of nitrogens with zero attached hydrogens (tertiary/aromatic N) is 1. The average Bonchev–Trinajstić information content (AvgIpc) is 2.46. The van der Waals surface area contributed by atoms with E-state index in [1.807, 2.05) is 26.0 Å². The summed E-state index contributed by atoms with van der Waals surface area (Å²) in [6, 6.07) is 7.19. The maximum absolute atomic E-state index is 11.6. The molecule has 0 aliphatic rings. The Kier molecular flexibility index (Phi) is 11.6. The topological polar surface area (TPSA) is 47.7 Å². The van der Waals surface area contributed by atoms with Gasteiger partial charge in [-0.2, -0.15) is 9.88 Å². The molecule has 4 nitrogen and oxygen atoms in total. The van der Waals surface area contributed by atoms with E-state index in [0.29, 0.717) is 18.8 Å². The summed E-state index contributed by atoms with van der Waals surface area (Å²) in [4.78, 5) is 7.93. The summed E-state index contributed by atoms with van der Waals surface area (Å²) < 4.78 is 25.0. The molecule has 0 atom stereocenters. The molecule has 0 aromatic heterocycles. The van der Waals surface area contributed by atoms with Crippen molar-refractivity contribution < 1.29 is 18.9 Å². The first kappa shape index (κ1) is 18.1. The molecule has 0 amide bonds. The van der Waals surface area contributed by atoms with Crippen molar-refractivity contribution in [2.24, 2.45) is 0 Å². The first-order valence-electron chi connectivity index (χ1n) is 6.02. The molecule has 1 aromatic carbocycles. The van der Waals surface area contributed by atoms with Gasteiger partial charge in [-0.3, -0.25) is 0 Å². The zero-order valence-corrected chi connectivity index (χ0v) is 12.0. The van der Waals surface area contributed by atoms with Crippen molar-refractivity contribution in [3.8, 4) is 0 Å². The Hall–Kier alpha value is -0.890. The first-order valence-corrected chi connectivity index (χ1v) is 6.79. The fourth-order valence-corrected chi connectivity index (χ4v) is 2.04. The number of hydrogen-bond donors (Lipinski definition) is 1. The lowest BCUT2D eigenvalue weighted by molar-refractivity contribution is -0.141. The van der Waals surface area contributed by atoms with E-state index < -0.39 is 0 Å². The molecule has 7 heteroatoms. The monoisotopic (exact) mass is 294 g/mol. The van der Waals surface area contributed by atoms with Crippen LogP contribution < -0.4 is 5.73 Å². The van der Waals surface area contributed by atoms with Crippen LogP contribution in [0.1, 0.15) is 13.8 Å². The van der Waals surface area contributed by atoms with Crippen molar-refractivity contribution in [3.05, 3.63) is 24.3 Å². The second kappa shape index (κ2) is 12.2. The third kappa shape index (κ3) is 8.77. The number of benzene rings is 1. The van der Waals surface area contributed by atoms with E-state index in [1.165, 1.54) is 11.9 Å². The van der Waals surface area contributed by atoms with E-state index in [4.69, 9.17) is 5.73 Å². The average molecular weight is 294 g/mol. The van der Waals surface area contributed by atoms with E-state index in [-0.39, 0.29) is 13.2 Å². The fourth-order valence-electron chi connectivity index (χ4n) is 1.15. The summed E-state index contributed by atoms with van der Waals surface area (Å²) in [5, 5.41) is 0. The minimum Gasteiger partial charge on any atom is -0.399 e. The van der Waals surface area contributed by atoms with Crippen LogP contribution in [0.15, 0.2) is 29.2 Å². The van der Waals surface area contributed by atoms with Gasteiger partial charge < -0.3 is 5.73 Å². The van der Waals surface area contributed by atoms with Crippen molar-refractivity contribution in [3.63, 3.8) is 0 Å². The van der Waals surface area contributed by atoms with Gasteiger partial charge in [0.2, 0.25) is 0 Å². The Morgan fingerprint density at radius 1 is 1.05 bits per heavy atom. The van der Waals surface area contributed by atoms with Crippen molar-refractivity contribution in [1.29, 1.82) is 0 Å². The molecule has 2 N–H and O–H groups in total. The molecule has 0 radical (unpaired) electrons. The van der Waals surface area contributed by atoms with Crippen molar-refractivity contribution in [2.45, 2.75) is 18.7 Å². The van der Waals surface area contributed by atoms with Gasteiger partial charge >= 0.3 is 0 Å². The molecule has 0 saturated carbocycles. The number of anilines is 1. The van der Waals surface area contributed by atoms with Gasteiger partial charge in [-0.25, -0.2) is 4.31 Å². The molecule has 0 unspecified atom stereocenters. The van der Waals surface area contributed by atoms with Crippen LogP contribution in [0.2, 0.25) is 0 Å². The molecule has 0 saturated heterocycles. The normalized spacial score (nSPS) is 10.2. The van der Waals surface area contributed by atoms with E-state index in [9.17, 15) is 9.05 Å². The van der Waals surface area contributed by atoms with Gasteiger partial charge in [0.05, 0.1) is 0 Å². The molecular weight excluding hydrogens is 274 g/mol. The Bertz CT molecular complexity index is 307. The van der Waals surface area contributed by atoms with E-state index in [0.717, 1.165) is 4.90 Å². The van der Waals surface area contributed by atoms with Gasteiger partial charge in [0.15, 0.2) is 0 Å². The lowest BCUT2D eigenvalue weighted by atomic mass is 10.3. The molecule has 1 aromatic rings. The molecule has 0 heterocycles. The maximum Gasteiger partial charge on any atom is 0.101 e. The molecular formula is C12H20F2N2O2S. The van der Waals surface area contributed by atoms with Crippen molar-refractivity contribution in [1.82, 2.24) is 4.31 Å². The molecule has 19 heavy (non-hydrogen) atoms. The lowest BCUT2D eigenvalue weighted by Gasteiger charge is -2.18. The predicted octanol–water partition coefficient (Wildman–Crippen LogP) is 3.41. The SMILES string of the molecule is CC.Nc1ccc(SN(CCOF)CCOF)cc1. The Morgan fingerprint density at radius 3 is 1.95 bits per heavy atom. The minimum absolute atomic E-state index is 0.0751. The Morgan fingerprint density at radius 2 is 1.53 bits per heavy atom. The van der Waals surface area contributed by atoms with Gasteiger partial charge in [0, 0.05) is 23.7 Å². The standard InChI is InChI=1S/C10H14F2N2O2S.C2H6/c11-15-7-5-14(6-8-16-12)17-10-3-1-9(13)2-4-10;1-2/h1-4H,5-8,13H2;1-2H3. The van der Waals surface area contributed by atoms with Crippen LogP contribution in [-0.2, 0) is 9.88 Å². The highest BCUT2D eigenvalue weighted by Crippen LogP contribution is 2.23. The highest BCUT2D eigenvalue weighted by atomic mass is 32.2. The highest BCUT2D eigenvalue weighted by molar-refractivity contribution is 7.97. The maximum atomic E-state index is 11.6. The Balaban J connectivity index is 0.00000154. The molecule has 110 valence electrons. The molecule has 0 aliphatic carbocycles. The Labute approximate surface area is 116 Å². The van der Waals surface area contributed by atoms with Gasteiger partial charge in [-0.05, 0) is 45.3 Å². The smallest absolute Gasteiger partial charge is 0.101 e. The van der Waals surface area contributed by atoms with Crippen LogP contribution in [0, 0.1) is 0 Å². The van der Waals surface area contributed by atoms with Crippen LogP contribution in [0.5, 0.6) is 0 Å². The van der Waals surface area contributed by atoms with E-state index in [1.54, 1.807) is 16.4 Å². The van der Waals surface area contributed by atoms with Gasteiger partial charge in [-0.15, -0.1) is 0 Å². The minimum atomic E-state index is -0.0751. The highest BCUT2D eigenvalue weighted by Gasteiger charge is 2.07. The molecule has 1 rings (SSSR count). The summed E-state index contributed by atoms with van der Waals surface area (Å²) in [5.41, 5.74) is 6.22. The molecule has 0 spiro atoms. The predicted molar refractivity (Wildman–Crippen MR) is 73.8 cm³/mol. The molecule has 0 fully saturated rings. The quantitative estimate of drug-likeness (QED) is 0.588. The molecule has 0 bridgehead atoms. The number of halogens is 2. The van der Waals surface area contributed by atoms with Crippen LogP contribution in [0.3, 0.4) is 0 Å². The third-order valence-corrected chi connectivity index (χ3v) is 3.06. The number of nitrogen functional groups attached to an aromatic ring is 1. The van der Waals surface area contributed by atoms with E-state index in [2.05, 4.69) is 9.88 Å². The second-order valence-electron chi connectivity index (χ2n) is 3.22. The zero-order chi connectivity index (χ0) is 14.5. The van der Waals surface area contributed by atoms with Gasteiger partial charge in [0.25, 0.3) is 0 Å². The second-order valence-corrected chi connectivity index (χ2v) is 4.39. The fraction of sp³-hybridized carbons (Fsp3) is 0.500. The number of nitrogens with two attached hydrogens (primary N) is 1. The largest absolute Gasteiger partial charge is 0.399 e. The summed E-state index contributed by atoms with van der Waals surface area (Å²) in [5.74, 6) is 0. The zero-order valence-electron chi connectivity index (χ0n) is 11.1. The van der Waals surface area contributed by atoms with E-state index >= 15 is 0 Å². The first-order chi connectivity index (χ1) is 9.26. The van der Waals surface area contributed by atoms with Crippen LogP contribution in [0.4, 0.5) is 14.7 Å². The van der Waals surface area contributed by atoms with Crippen LogP contribution in [-0.4, -0.2) is 30.6 Å². The van der Waals surface area contributed by atoms with Crippen LogP contribution >= 0.6 is 11.9 Å². The molecule has 0 aliphatic heterocycles. The van der Waals surface area contributed by atoms with Crippen molar-refractivity contribution in [2.75, 3.05) is 32.0 Å².